The Kier molecular flexibility index (Phi) is 2.78. The normalized spacial score (nSPS) is 12.6. The van der Waals surface area contributed by atoms with Crippen LogP contribution >= 0.6 is 11.3 Å². The van der Waals surface area contributed by atoms with Crippen LogP contribution in [0.5, 0.6) is 0 Å². The molecule has 2 aromatic heterocycles. The number of nitrogens with one attached hydrogen (secondary N) is 1. The van der Waals surface area contributed by atoms with Gasteiger partial charge in [-0.05, 0) is 13.0 Å². The highest BCUT2D eigenvalue weighted by Crippen LogP contribution is 2.11. The van der Waals surface area contributed by atoms with Gasteiger partial charge < -0.3 is 5.32 Å². The monoisotopic (exact) mass is 208 g/mol. The number of thiazole rings is 1. The molecule has 0 fully saturated rings. The molecule has 1 unspecified atom stereocenters. The quantitative estimate of drug-likeness (QED) is 0.833. The Bertz CT molecular complexity index is 318. The summed E-state index contributed by atoms with van der Waals surface area (Å²) in [7, 11) is 0. The Hall–Kier alpha value is -1.36. The van der Waals surface area contributed by atoms with Gasteiger partial charge in [-0.1, -0.05) is 0 Å². The summed E-state index contributed by atoms with van der Waals surface area (Å²) in [6.45, 7) is 2.97. The first kappa shape index (κ1) is 9.21. The number of aromatic nitrogens is 3. The summed E-state index contributed by atoms with van der Waals surface area (Å²) in [6.07, 6.45) is 5.55. The van der Waals surface area contributed by atoms with E-state index in [1.54, 1.807) is 23.7 Å². The minimum atomic E-state index is 0.334. The van der Waals surface area contributed by atoms with Crippen LogP contribution in [0.2, 0.25) is 0 Å². The molecular formula is C9H12N4S. The van der Waals surface area contributed by atoms with Crippen molar-refractivity contribution in [2.45, 2.75) is 19.5 Å². The van der Waals surface area contributed by atoms with E-state index < -0.39 is 0 Å². The smallest absolute Gasteiger partial charge is 0.182 e. The molecule has 1 N–H and O–H groups in total. The standard InChI is InChI=1S/C9H12N4S/c1-8(7-13-5-2-3-11-13)12-9-10-4-6-14-9/h2-6,8H,7H2,1H3,(H,10,12). The number of anilines is 1. The van der Waals surface area contributed by atoms with Crippen LogP contribution in [-0.4, -0.2) is 20.8 Å². The van der Waals surface area contributed by atoms with Crippen LogP contribution in [0.3, 0.4) is 0 Å². The molecule has 0 aliphatic heterocycles. The zero-order chi connectivity index (χ0) is 9.80. The summed E-state index contributed by atoms with van der Waals surface area (Å²) in [5, 5.41) is 10.4. The number of nitrogens with zero attached hydrogens (tertiary/aromatic N) is 3. The molecule has 1 atom stereocenters. The van der Waals surface area contributed by atoms with Gasteiger partial charge >= 0.3 is 0 Å². The summed E-state index contributed by atoms with van der Waals surface area (Å²) in [5.74, 6) is 0. The third-order valence-electron chi connectivity index (χ3n) is 1.82. The summed E-state index contributed by atoms with van der Waals surface area (Å²) < 4.78 is 1.91. The predicted octanol–water partition coefficient (Wildman–Crippen LogP) is 1.84. The summed E-state index contributed by atoms with van der Waals surface area (Å²) in [6, 6.07) is 2.26. The van der Waals surface area contributed by atoms with Gasteiger partial charge in [0.25, 0.3) is 0 Å². The summed E-state index contributed by atoms with van der Waals surface area (Å²) in [4.78, 5) is 4.16. The second-order valence-corrected chi connectivity index (χ2v) is 4.01. The average molecular weight is 208 g/mol. The van der Waals surface area contributed by atoms with Gasteiger partial charge in [0.1, 0.15) is 0 Å². The third-order valence-corrected chi connectivity index (χ3v) is 2.53. The molecule has 0 radical (unpaired) electrons. The number of rotatable bonds is 4. The van der Waals surface area contributed by atoms with Crippen LogP contribution < -0.4 is 5.32 Å². The molecule has 4 nitrogen and oxygen atoms in total. The highest BCUT2D eigenvalue weighted by Gasteiger charge is 2.03. The minimum absolute atomic E-state index is 0.334. The van der Waals surface area contributed by atoms with Gasteiger partial charge in [0.2, 0.25) is 0 Å². The van der Waals surface area contributed by atoms with E-state index in [0.29, 0.717) is 6.04 Å². The topological polar surface area (TPSA) is 42.7 Å². The fourth-order valence-corrected chi connectivity index (χ4v) is 1.88. The third kappa shape index (κ3) is 2.32. The highest BCUT2D eigenvalue weighted by molar-refractivity contribution is 7.13. The van der Waals surface area contributed by atoms with Crippen molar-refractivity contribution in [3.05, 3.63) is 30.0 Å². The molecule has 0 bridgehead atoms. The molecule has 2 rings (SSSR count). The first-order chi connectivity index (χ1) is 6.84. The van der Waals surface area contributed by atoms with Crippen LogP contribution in [0.25, 0.3) is 0 Å². The van der Waals surface area contributed by atoms with Gasteiger partial charge in [-0.25, -0.2) is 4.98 Å². The molecule has 2 aromatic rings. The van der Waals surface area contributed by atoms with E-state index in [9.17, 15) is 0 Å². The zero-order valence-corrected chi connectivity index (χ0v) is 8.74. The van der Waals surface area contributed by atoms with Crippen molar-refractivity contribution in [1.82, 2.24) is 14.8 Å². The molecule has 5 heteroatoms. The maximum absolute atomic E-state index is 4.16. The number of hydrogen-bond acceptors (Lipinski definition) is 4. The summed E-state index contributed by atoms with van der Waals surface area (Å²) >= 11 is 1.61. The van der Waals surface area contributed by atoms with E-state index in [4.69, 9.17) is 0 Å². The van der Waals surface area contributed by atoms with E-state index in [0.717, 1.165) is 11.7 Å². The van der Waals surface area contributed by atoms with Crippen LogP contribution in [0.15, 0.2) is 30.0 Å². The first-order valence-electron chi connectivity index (χ1n) is 4.48. The lowest BCUT2D eigenvalue weighted by Gasteiger charge is -2.12. The van der Waals surface area contributed by atoms with Gasteiger partial charge in [-0.15, -0.1) is 11.3 Å². The van der Waals surface area contributed by atoms with Crippen molar-refractivity contribution in [3.63, 3.8) is 0 Å². The Balaban J connectivity index is 1.88. The van der Waals surface area contributed by atoms with Gasteiger partial charge in [0.05, 0.1) is 6.54 Å². The maximum Gasteiger partial charge on any atom is 0.182 e. The van der Waals surface area contributed by atoms with Gasteiger partial charge in [-0.2, -0.15) is 5.10 Å². The SMILES string of the molecule is CC(Cn1cccn1)Nc1nccs1. The molecule has 0 amide bonds. The minimum Gasteiger partial charge on any atom is -0.357 e. The molecule has 2 heterocycles. The van der Waals surface area contributed by atoms with Crippen molar-refractivity contribution in [1.29, 1.82) is 0 Å². The van der Waals surface area contributed by atoms with Gasteiger partial charge in [0.15, 0.2) is 5.13 Å². The van der Waals surface area contributed by atoms with E-state index in [1.807, 2.05) is 22.3 Å². The lowest BCUT2D eigenvalue weighted by atomic mass is 10.3. The van der Waals surface area contributed by atoms with Crippen molar-refractivity contribution in [2.75, 3.05) is 5.32 Å². The highest BCUT2D eigenvalue weighted by atomic mass is 32.1. The van der Waals surface area contributed by atoms with E-state index in [1.165, 1.54) is 0 Å². The molecule has 0 aliphatic rings. The molecular weight excluding hydrogens is 196 g/mol. The van der Waals surface area contributed by atoms with Crippen molar-refractivity contribution in [2.24, 2.45) is 0 Å². The fraction of sp³-hybridized carbons (Fsp3) is 0.333. The molecule has 0 spiro atoms. The van der Waals surface area contributed by atoms with Crippen molar-refractivity contribution >= 4 is 16.5 Å². The Morgan fingerprint density at radius 2 is 2.50 bits per heavy atom. The van der Waals surface area contributed by atoms with Crippen LogP contribution in [0.1, 0.15) is 6.92 Å². The Morgan fingerprint density at radius 3 is 3.14 bits per heavy atom. The number of hydrogen-bond donors (Lipinski definition) is 1. The van der Waals surface area contributed by atoms with Crippen molar-refractivity contribution < 1.29 is 0 Å². The summed E-state index contributed by atoms with van der Waals surface area (Å²) in [5.41, 5.74) is 0. The second-order valence-electron chi connectivity index (χ2n) is 3.11. The van der Waals surface area contributed by atoms with E-state index in [-0.39, 0.29) is 0 Å². The van der Waals surface area contributed by atoms with E-state index in [2.05, 4.69) is 22.3 Å². The van der Waals surface area contributed by atoms with E-state index >= 15 is 0 Å². The molecule has 0 saturated carbocycles. The average Bonchev–Trinajstić information content (AvgIpc) is 2.76. The zero-order valence-electron chi connectivity index (χ0n) is 7.92. The van der Waals surface area contributed by atoms with Gasteiger partial charge in [0, 0.05) is 30.0 Å². The maximum atomic E-state index is 4.16. The second kappa shape index (κ2) is 4.23. The fourth-order valence-electron chi connectivity index (χ4n) is 1.24. The van der Waals surface area contributed by atoms with Crippen molar-refractivity contribution in [3.8, 4) is 0 Å². The van der Waals surface area contributed by atoms with Crippen LogP contribution in [0, 0.1) is 0 Å². The van der Waals surface area contributed by atoms with Gasteiger partial charge in [-0.3, -0.25) is 4.68 Å². The predicted molar refractivity (Wildman–Crippen MR) is 57.4 cm³/mol. The molecule has 74 valence electrons. The Labute approximate surface area is 86.6 Å². The first-order valence-corrected chi connectivity index (χ1v) is 5.36. The van der Waals surface area contributed by atoms with Crippen LogP contribution in [0.4, 0.5) is 5.13 Å². The van der Waals surface area contributed by atoms with Crippen LogP contribution in [-0.2, 0) is 6.54 Å². The largest absolute Gasteiger partial charge is 0.357 e. The molecule has 0 aliphatic carbocycles. The Morgan fingerprint density at radius 1 is 1.57 bits per heavy atom. The lowest BCUT2D eigenvalue weighted by molar-refractivity contribution is 0.560. The molecule has 14 heavy (non-hydrogen) atoms. The lowest BCUT2D eigenvalue weighted by Crippen LogP contribution is -2.21. The molecule has 0 aromatic carbocycles. The molecule has 0 saturated heterocycles.